The van der Waals surface area contributed by atoms with Gasteiger partial charge in [-0.25, -0.2) is 0 Å². The van der Waals surface area contributed by atoms with E-state index in [9.17, 15) is 4.79 Å². The topological polar surface area (TPSA) is 17.1 Å². The minimum absolute atomic E-state index is 0.721. The molecule has 0 aromatic carbocycles. The molecule has 0 fully saturated rings. The standard InChI is InChI=1S/C11H14O/c12-6-2-1-3-10-7-9-4-5-11(10)8-9/h4-7,9,11H,1-3,8H2. The van der Waals surface area contributed by atoms with Crippen molar-refractivity contribution < 1.29 is 4.79 Å². The number of carbonyl (C=O) groups excluding carboxylic acids is 1. The fourth-order valence-electron chi connectivity index (χ4n) is 2.18. The van der Waals surface area contributed by atoms with Crippen LogP contribution in [0.25, 0.3) is 0 Å². The molecule has 1 heteroatoms. The highest BCUT2D eigenvalue weighted by Gasteiger charge is 2.26. The maximum absolute atomic E-state index is 10.1. The highest BCUT2D eigenvalue weighted by molar-refractivity contribution is 5.49. The maximum atomic E-state index is 10.1. The van der Waals surface area contributed by atoms with Gasteiger partial charge in [-0.1, -0.05) is 23.8 Å². The second-order valence-electron chi connectivity index (χ2n) is 3.69. The summed E-state index contributed by atoms with van der Waals surface area (Å²) >= 11 is 0. The molecule has 0 aromatic heterocycles. The van der Waals surface area contributed by atoms with Gasteiger partial charge in [0.2, 0.25) is 0 Å². The second kappa shape index (κ2) is 3.26. The Bertz CT molecular complexity index is 237. The monoisotopic (exact) mass is 162 g/mol. The molecule has 1 nitrogen and oxygen atoms in total. The summed E-state index contributed by atoms with van der Waals surface area (Å²) in [5.41, 5.74) is 1.57. The van der Waals surface area contributed by atoms with E-state index >= 15 is 0 Å². The lowest BCUT2D eigenvalue weighted by Crippen LogP contribution is -1.93. The summed E-state index contributed by atoms with van der Waals surface area (Å²) in [7, 11) is 0. The number of fused-ring (bicyclic) bond motifs is 2. The van der Waals surface area contributed by atoms with E-state index < -0.39 is 0 Å². The fraction of sp³-hybridized carbons (Fsp3) is 0.545. The minimum atomic E-state index is 0.721. The van der Waals surface area contributed by atoms with Gasteiger partial charge >= 0.3 is 0 Å². The van der Waals surface area contributed by atoms with Gasteiger partial charge in [0, 0.05) is 6.42 Å². The summed E-state index contributed by atoms with van der Waals surface area (Å²) < 4.78 is 0. The summed E-state index contributed by atoms with van der Waals surface area (Å²) in [6.07, 6.45) is 12.2. The molecular weight excluding hydrogens is 148 g/mol. The van der Waals surface area contributed by atoms with E-state index in [-0.39, 0.29) is 0 Å². The van der Waals surface area contributed by atoms with Crippen LogP contribution in [0.4, 0.5) is 0 Å². The van der Waals surface area contributed by atoms with Crippen molar-refractivity contribution in [3.05, 3.63) is 23.8 Å². The van der Waals surface area contributed by atoms with Crippen molar-refractivity contribution in [3.8, 4) is 0 Å². The van der Waals surface area contributed by atoms with Crippen LogP contribution in [-0.4, -0.2) is 6.29 Å². The largest absolute Gasteiger partial charge is 0.303 e. The molecule has 0 spiro atoms. The van der Waals surface area contributed by atoms with E-state index in [1.807, 2.05) is 0 Å². The summed E-state index contributed by atoms with van der Waals surface area (Å²) in [5.74, 6) is 1.45. The molecule has 2 atom stereocenters. The third kappa shape index (κ3) is 1.36. The Morgan fingerprint density at radius 1 is 1.50 bits per heavy atom. The normalized spacial score (nSPS) is 30.8. The number of carbonyl (C=O) groups is 1. The van der Waals surface area contributed by atoms with Crippen molar-refractivity contribution in [1.82, 2.24) is 0 Å². The van der Waals surface area contributed by atoms with Crippen LogP contribution in [0.5, 0.6) is 0 Å². The van der Waals surface area contributed by atoms with Gasteiger partial charge in [-0.3, -0.25) is 0 Å². The van der Waals surface area contributed by atoms with Crippen molar-refractivity contribution in [2.75, 3.05) is 0 Å². The van der Waals surface area contributed by atoms with E-state index in [2.05, 4.69) is 18.2 Å². The molecule has 0 saturated carbocycles. The highest BCUT2D eigenvalue weighted by Crippen LogP contribution is 2.40. The third-order valence-corrected chi connectivity index (χ3v) is 2.81. The van der Waals surface area contributed by atoms with E-state index in [0.717, 1.165) is 37.4 Å². The van der Waals surface area contributed by atoms with Crippen molar-refractivity contribution in [1.29, 1.82) is 0 Å². The fourth-order valence-corrected chi connectivity index (χ4v) is 2.18. The number of hydrogen-bond donors (Lipinski definition) is 0. The lowest BCUT2D eigenvalue weighted by molar-refractivity contribution is -0.107. The Hall–Kier alpha value is -0.850. The van der Waals surface area contributed by atoms with Crippen LogP contribution in [0, 0.1) is 11.8 Å². The number of hydrogen-bond acceptors (Lipinski definition) is 1. The molecule has 2 unspecified atom stereocenters. The zero-order valence-corrected chi connectivity index (χ0v) is 7.20. The van der Waals surface area contributed by atoms with E-state index in [4.69, 9.17) is 0 Å². The van der Waals surface area contributed by atoms with Crippen molar-refractivity contribution >= 4 is 6.29 Å². The Morgan fingerprint density at radius 3 is 3.00 bits per heavy atom. The Balaban J connectivity index is 1.83. The van der Waals surface area contributed by atoms with E-state index in [1.165, 1.54) is 6.42 Å². The molecule has 2 rings (SSSR count). The molecule has 2 aliphatic carbocycles. The van der Waals surface area contributed by atoms with Crippen LogP contribution in [0.1, 0.15) is 25.7 Å². The smallest absolute Gasteiger partial charge is 0.120 e. The van der Waals surface area contributed by atoms with Crippen LogP contribution < -0.4 is 0 Å². The van der Waals surface area contributed by atoms with Crippen molar-refractivity contribution in [3.63, 3.8) is 0 Å². The van der Waals surface area contributed by atoms with Crippen LogP contribution >= 0.6 is 0 Å². The first-order valence-electron chi connectivity index (χ1n) is 4.72. The van der Waals surface area contributed by atoms with Gasteiger partial charge in [0.05, 0.1) is 0 Å². The molecule has 0 heterocycles. The van der Waals surface area contributed by atoms with E-state index in [1.54, 1.807) is 5.57 Å². The zero-order chi connectivity index (χ0) is 8.39. The number of allylic oxidation sites excluding steroid dienone is 4. The predicted octanol–water partition coefficient (Wildman–Crippen LogP) is 2.49. The lowest BCUT2D eigenvalue weighted by Gasteiger charge is -2.07. The van der Waals surface area contributed by atoms with Gasteiger partial charge in [-0.05, 0) is 31.1 Å². The molecular formula is C11H14O. The molecule has 0 radical (unpaired) electrons. The van der Waals surface area contributed by atoms with Gasteiger partial charge < -0.3 is 4.79 Å². The summed E-state index contributed by atoms with van der Waals surface area (Å²) in [6, 6.07) is 0. The van der Waals surface area contributed by atoms with Gasteiger partial charge in [-0.15, -0.1) is 0 Å². The third-order valence-electron chi connectivity index (χ3n) is 2.81. The maximum Gasteiger partial charge on any atom is 0.120 e. The van der Waals surface area contributed by atoms with Crippen LogP contribution in [-0.2, 0) is 4.79 Å². The summed E-state index contributed by atoms with van der Waals surface area (Å²) in [5, 5.41) is 0. The zero-order valence-electron chi connectivity index (χ0n) is 7.20. The van der Waals surface area contributed by atoms with Crippen LogP contribution in [0.15, 0.2) is 23.8 Å². The number of unbranched alkanes of at least 4 members (excludes halogenated alkanes) is 1. The molecule has 0 aromatic rings. The average molecular weight is 162 g/mol. The predicted molar refractivity (Wildman–Crippen MR) is 48.7 cm³/mol. The van der Waals surface area contributed by atoms with Gasteiger partial charge in [0.1, 0.15) is 6.29 Å². The van der Waals surface area contributed by atoms with E-state index in [0.29, 0.717) is 0 Å². The van der Waals surface area contributed by atoms with Gasteiger partial charge in [0.15, 0.2) is 0 Å². The molecule has 0 saturated heterocycles. The second-order valence-corrected chi connectivity index (χ2v) is 3.69. The average Bonchev–Trinajstić information content (AvgIpc) is 2.65. The van der Waals surface area contributed by atoms with Crippen LogP contribution in [0.3, 0.4) is 0 Å². The SMILES string of the molecule is O=CCCCC1=CC2C=CC1C2. The quantitative estimate of drug-likeness (QED) is 0.352. The van der Waals surface area contributed by atoms with Gasteiger partial charge in [-0.2, -0.15) is 0 Å². The Morgan fingerprint density at radius 2 is 2.42 bits per heavy atom. The highest BCUT2D eigenvalue weighted by atomic mass is 16.1. The summed E-state index contributed by atoms with van der Waals surface area (Å²) in [4.78, 5) is 10.1. The molecule has 2 aliphatic rings. The number of aldehydes is 1. The van der Waals surface area contributed by atoms with Crippen molar-refractivity contribution in [2.45, 2.75) is 25.7 Å². The molecule has 12 heavy (non-hydrogen) atoms. The first-order valence-corrected chi connectivity index (χ1v) is 4.72. The van der Waals surface area contributed by atoms with Crippen molar-refractivity contribution in [2.24, 2.45) is 11.8 Å². The molecule has 0 amide bonds. The first-order chi connectivity index (χ1) is 5.90. The van der Waals surface area contributed by atoms with Crippen LogP contribution in [0.2, 0.25) is 0 Å². The molecule has 0 N–H and O–H groups in total. The number of rotatable bonds is 4. The molecule has 2 bridgehead atoms. The Labute approximate surface area is 73.2 Å². The summed E-state index contributed by atoms with van der Waals surface area (Å²) in [6.45, 7) is 0. The lowest BCUT2D eigenvalue weighted by atomic mass is 9.98. The minimum Gasteiger partial charge on any atom is -0.303 e. The molecule has 64 valence electrons. The van der Waals surface area contributed by atoms with Gasteiger partial charge in [0.25, 0.3) is 0 Å². The Kier molecular flexibility index (Phi) is 2.11. The molecule has 0 aliphatic heterocycles. The first kappa shape index (κ1) is 7.78.